The van der Waals surface area contributed by atoms with E-state index < -0.39 is 0 Å². The lowest BCUT2D eigenvalue weighted by Crippen LogP contribution is -2.26. The molecule has 0 aliphatic heterocycles. The smallest absolute Gasteiger partial charge is 0.188 e. The van der Waals surface area contributed by atoms with E-state index in [1.165, 1.54) is 18.2 Å². The number of para-hydroxylation sites is 1. The van der Waals surface area contributed by atoms with Crippen LogP contribution in [0.1, 0.15) is 37.9 Å². The molecule has 3 rings (SSSR count). The summed E-state index contributed by atoms with van der Waals surface area (Å²) in [4.78, 5) is 0. The second-order valence-corrected chi connectivity index (χ2v) is 8.12. The zero-order valence-corrected chi connectivity index (χ0v) is 16.9. The molecule has 0 aliphatic carbocycles. The molecule has 0 fully saturated rings. The van der Waals surface area contributed by atoms with Gasteiger partial charge in [0.15, 0.2) is 28.9 Å². The van der Waals surface area contributed by atoms with Crippen LogP contribution >= 0.6 is 11.7 Å². The van der Waals surface area contributed by atoms with Gasteiger partial charge in [0.2, 0.25) is 0 Å². The van der Waals surface area contributed by atoms with Crippen molar-refractivity contribution in [1.29, 1.82) is 5.26 Å². The number of anilines is 3. The Morgan fingerprint density at radius 1 is 1.03 bits per heavy atom. The number of nitriles is 1. The van der Waals surface area contributed by atoms with Crippen molar-refractivity contribution in [2.24, 2.45) is 5.41 Å². The van der Waals surface area contributed by atoms with Crippen molar-refractivity contribution >= 4 is 29.1 Å². The molecular weight excluding hydrogens is 390 g/mol. The van der Waals surface area contributed by atoms with Crippen LogP contribution in [0.5, 0.6) is 17.2 Å². The van der Waals surface area contributed by atoms with Gasteiger partial charge in [-0.3, -0.25) is 0 Å². The fraction of sp³-hybridized carbons (Fsp3) is 0.250. The van der Waals surface area contributed by atoms with E-state index in [4.69, 9.17) is 5.26 Å². The van der Waals surface area contributed by atoms with Gasteiger partial charge in [-0.25, -0.2) is 0 Å². The molecule has 1 unspecified atom stereocenters. The fourth-order valence-corrected chi connectivity index (χ4v) is 3.36. The van der Waals surface area contributed by atoms with Crippen LogP contribution in [0.15, 0.2) is 36.4 Å². The number of phenols is 3. The summed E-state index contributed by atoms with van der Waals surface area (Å²) >= 11 is 0.994. The molecule has 0 bridgehead atoms. The molecule has 29 heavy (non-hydrogen) atoms. The van der Waals surface area contributed by atoms with Crippen molar-refractivity contribution < 1.29 is 15.3 Å². The van der Waals surface area contributed by atoms with Crippen molar-refractivity contribution in [2.75, 3.05) is 10.6 Å². The average Bonchev–Trinajstić information content (AvgIpc) is 3.10. The van der Waals surface area contributed by atoms with Crippen molar-refractivity contribution in [3.63, 3.8) is 0 Å². The van der Waals surface area contributed by atoms with E-state index in [0.717, 1.165) is 17.3 Å². The lowest BCUT2D eigenvalue weighted by atomic mass is 9.82. The molecule has 0 aliphatic rings. The number of hydrogen-bond donors (Lipinski definition) is 5. The number of phenolic OH excluding ortho intramolecular Hbond substituents is 3. The Morgan fingerprint density at radius 2 is 1.76 bits per heavy atom. The molecule has 1 aromatic heterocycles. The molecule has 9 heteroatoms. The molecule has 0 saturated heterocycles. The minimum Gasteiger partial charge on any atom is -0.504 e. The first-order valence-corrected chi connectivity index (χ1v) is 9.54. The summed E-state index contributed by atoms with van der Waals surface area (Å²) in [7, 11) is 0. The monoisotopic (exact) mass is 411 g/mol. The van der Waals surface area contributed by atoms with Crippen LogP contribution in [0.4, 0.5) is 17.3 Å². The van der Waals surface area contributed by atoms with E-state index in [0.29, 0.717) is 17.3 Å². The molecule has 0 radical (unpaired) electrons. The number of hydrogen-bond acceptors (Lipinski definition) is 9. The highest BCUT2D eigenvalue weighted by atomic mass is 32.1. The van der Waals surface area contributed by atoms with E-state index in [1.54, 1.807) is 18.2 Å². The summed E-state index contributed by atoms with van der Waals surface area (Å²) in [6.07, 6.45) is 0. The summed E-state index contributed by atoms with van der Waals surface area (Å²) in [5.74, 6) is 0.310. The van der Waals surface area contributed by atoms with Crippen LogP contribution in [0.3, 0.4) is 0 Å². The van der Waals surface area contributed by atoms with Gasteiger partial charge in [0.1, 0.15) is 6.07 Å². The van der Waals surface area contributed by atoms with Crippen LogP contribution < -0.4 is 10.6 Å². The van der Waals surface area contributed by atoms with Crippen molar-refractivity contribution in [3.05, 3.63) is 47.5 Å². The molecule has 5 N–H and O–H groups in total. The largest absolute Gasteiger partial charge is 0.504 e. The molecule has 0 spiro atoms. The molecule has 0 amide bonds. The predicted octanol–water partition coefficient (Wildman–Crippen LogP) is 4.47. The van der Waals surface area contributed by atoms with Crippen LogP contribution in [-0.2, 0) is 0 Å². The highest BCUT2D eigenvalue weighted by Gasteiger charge is 2.29. The van der Waals surface area contributed by atoms with Crippen LogP contribution in [0.25, 0.3) is 0 Å². The molecule has 8 nitrogen and oxygen atoms in total. The van der Waals surface area contributed by atoms with Gasteiger partial charge in [0.25, 0.3) is 0 Å². The summed E-state index contributed by atoms with van der Waals surface area (Å²) in [5.41, 5.74) is 0.989. The second kappa shape index (κ2) is 7.85. The molecule has 1 heterocycles. The lowest BCUT2D eigenvalue weighted by molar-refractivity contribution is 0.344. The highest BCUT2D eigenvalue weighted by molar-refractivity contribution is 6.99. The number of nitrogens with zero attached hydrogens (tertiary/aromatic N) is 3. The molecule has 1 atom stereocenters. The number of aromatic nitrogens is 2. The molecule has 0 saturated carbocycles. The van der Waals surface area contributed by atoms with Gasteiger partial charge >= 0.3 is 0 Å². The number of benzene rings is 2. The maximum absolute atomic E-state index is 10.2. The number of rotatable bonds is 5. The van der Waals surface area contributed by atoms with Gasteiger partial charge in [-0.2, -0.15) is 14.0 Å². The second-order valence-electron chi connectivity index (χ2n) is 7.59. The standard InChI is InChI=1S/C20H21N5O3S/c1-20(2,3)17(11-7-8-14(26)15(27)9-11)23-19-18(24-29-25-19)22-13-6-4-5-12(10-21)16(13)28/h4-9,17,26-28H,1-3H3,(H,22,24)(H,23,25). The predicted molar refractivity (Wildman–Crippen MR) is 112 cm³/mol. The molecule has 2 aromatic carbocycles. The van der Waals surface area contributed by atoms with E-state index >= 15 is 0 Å². The highest BCUT2D eigenvalue weighted by Crippen LogP contribution is 2.40. The molecular formula is C20H21N5O3S. The minimum absolute atomic E-state index is 0.153. The summed E-state index contributed by atoms with van der Waals surface area (Å²) in [5, 5.41) is 45.2. The Bertz CT molecular complexity index is 1070. The topological polar surface area (TPSA) is 134 Å². The van der Waals surface area contributed by atoms with E-state index in [1.807, 2.05) is 26.8 Å². The number of aromatic hydroxyl groups is 3. The van der Waals surface area contributed by atoms with Gasteiger partial charge in [-0.15, -0.1) is 0 Å². The Morgan fingerprint density at radius 3 is 2.41 bits per heavy atom. The first-order valence-electron chi connectivity index (χ1n) is 8.80. The van der Waals surface area contributed by atoms with Crippen LogP contribution in [0, 0.1) is 16.7 Å². The quantitative estimate of drug-likeness (QED) is 0.388. The summed E-state index contributed by atoms with van der Waals surface area (Å²) in [6, 6.07) is 11.2. The van der Waals surface area contributed by atoms with Crippen molar-refractivity contribution in [1.82, 2.24) is 8.75 Å². The third kappa shape index (κ3) is 4.33. The Hall–Kier alpha value is -3.51. The van der Waals surface area contributed by atoms with Gasteiger partial charge in [-0.05, 0) is 35.2 Å². The molecule has 150 valence electrons. The number of nitrogens with one attached hydrogen (secondary N) is 2. The third-order valence-corrected chi connectivity index (χ3v) is 4.91. The third-order valence-electron chi connectivity index (χ3n) is 4.38. The minimum atomic E-state index is -0.271. The van der Waals surface area contributed by atoms with Crippen molar-refractivity contribution in [3.8, 4) is 23.3 Å². The zero-order valence-electron chi connectivity index (χ0n) is 16.1. The Balaban J connectivity index is 1.92. The first kappa shape index (κ1) is 20.2. The maximum Gasteiger partial charge on any atom is 0.188 e. The van der Waals surface area contributed by atoms with E-state index in [9.17, 15) is 15.3 Å². The van der Waals surface area contributed by atoms with E-state index in [2.05, 4.69) is 19.4 Å². The lowest BCUT2D eigenvalue weighted by Gasteiger charge is -2.32. The normalized spacial score (nSPS) is 12.2. The maximum atomic E-state index is 10.2. The van der Waals surface area contributed by atoms with Gasteiger partial charge in [-0.1, -0.05) is 32.9 Å². The zero-order chi connectivity index (χ0) is 21.2. The Labute approximate surface area is 172 Å². The van der Waals surface area contributed by atoms with Gasteiger partial charge in [0, 0.05) is 0 Å². The fourth-order valence-electron chi connectivity index (χ4n) is 2.88. The summed E-state index contributed by atoms with van der Waals surface area (Å²) < 4.78 is 8.54. The van der Waals surface area contributed by atoms with Crippen molar-refractivity contribution in [2.45, 2.75) is 26.8 Å². The first-order chi connectivity index (χ1) is 13.7. The van der Waals surface area contributed by atoms with Crippen LogP contribution in [0.2, 0.25) is 0 Å². The van der Waals surface area contributed by atoms with Gasteiger partial charge < -0.3 is 26.0 Å². The SMILES string of the molecule is CC(C)(C)C(Nc1nsnc1Nc1cccc(C#N)c1O)c1ccc(O)c(O)c1. The van der Waals surface area contributed by atoms with Crippen LogP contribution in [-0.4, -0.2) is 24.1 Å². The van der Waals surface area contributed by atoms with Gasteiger partial charge in [0.05, 0.1) is 29.0 Å². The average molecular weight is 411 g/mol. The Kier molecular flexibility index (Phi) is 5.48. The van der Waals surface area contributed by atoms with E-state index in [-0.39, 0.29) is 34.3 Å². The summed E-state index contributed by atoms with van der Waals surface area (Å²) in [6.45, 7) is 6.09. The molecule has 3 aromatic rings.